The van der Waals surface area contributed by atoms with Crippen LogP contribution in [-0.4, -0.2) is 23.9 Å². The van der Waals surface area contributed by atoms with Crippen LogP contribution in [0.15, 0.2) is 24.3 Å². The van der Waals surface area contributed by atoms with Crippen LogP contribution in [0.25, 0.3) is 0 Å². The average molecular weight is 302 g/mol. The first-order valence-electron chi connectivity index (χ1n) is 8.97. The van der Waals surface area contributed by atoms with Gasteiger partial charge in [-0.1, -0.05) is 38.5 Å². The second-order valence-electron chi connectivity index (χ2n) is 9.12. The van der Waals surface area contributed by atoms with Gasteiger partial charge in [-0.3, -0.25) is 0 Å². The Hall–Kier alpha value is -0.600. The lowest BCUT2D eigenvalue weighted by molar-refractivity contribution is -0.122. The zero-order valence-corrected chi connectivity index (χ0v) is 14.3. The van der Waals surface area contributed by atoms with Gasteiger partial charge in [0.25, 0.3) is 0 Å². The summed E-state index contributed by atoms with van der Waals surface area (Å²) in [5, 5.41) is 10.7. The van der Waals surface area contributed by atoms with Gasteiger partial charge in [-0.05, 0) is 49.4 Å². The Kier molecular flexibility index (Phi) is 3.05. The van der Waals surface area contributed by atoms with Crippen molar-refractivity contribution in [3.05, 3.63) is 24.3 Å². The van der Waals surface area contributed by atoms with Gasteiger partial charge < -0.3 is 9.84 Å². The average Bonchev–Trinajstić information content (AvgIpc) is 2.68. The van der Waals surface area contributed by atoms with Crippen LogP contribution >= 0.6 is 0 Å². The summed E-state index contributed by atoms with van der Waals surface area (Å²) in [7, 11) is 0. The van der Waals surface area contributed by atoms with Crippen molar-refractivity contribution >= 4 is 0 Å². The van der Waals surface area contributed by atoms with Crippen molar-refractivity contribution < 1.29 is 9.84 Å². The molecule has 0 aromatic rings. The van der Waals surface area contributed by atoms with E-state index >= 15 is 0 Å². The van der Waals surface area contributed by atoms with E-state index in [2.05, 4.69) is 39.5 Å². The molecule has 1 saturated heterocycles. The second-order valence-corrected chi connectivity index (χ2v) is 9.12. The number of aliphatic hydroxyl groups is 1. The number of hydrogen-bond donors (Lipinski definition) is 1. The minimum Gasteiger partial charge on any atom is -0.390 e. The quantitative estimate of drug-likeness (QED) is 0.739. The van der Waals surface area contributed by atoms with E-state index in [1.54, 1.807) is 5.57 Å². The Labute approximate surface area is 134 Å². The van der Waals surface area contributed by atoms with Gasteiger partial charge in [-0.2, -0.15) is 0 Å². The Morgan fingerprint density at radius 2 is 2.05 bits per heavy atom. The minimum absolute atomic E-state index is 0.0393. The topological polar surface area (TPSA) is 29.5 Å². The van der Waals surface area contributed by atoms with E-state index in [1.165, 1.54) is 25.7 Å². The molecule has 122 valence electrons. The highest BCUT2D eigenvalue weighted by atomic mass is 16.5. The summed E-state index contributed by atoms with van der Waals surface area (Å²) in [6, 6.07) is 0. The third-order valence-corrected chi connectivity index (χ3v) is 7.79. The van der Waals surface area contributed by atoms with Crippen molar-refractivity contribution in [3.63, 3.8) is 0 Å². The lowest BCUT2D eigenvalue weighted by Crippen LogP contribution is -2.58. The Bertz CT molecular complexity index is 538. The summed E-state index contributed by atoms with van der Waals surface area (Å²) in [6.07, 6.45) is 10.3. The number of aliphatic hydroxyl groups excluding tert-OH is 1. The largest absolute Gasteiger partial charge is 0.390 e. The van der Waals surface area contributed by atoms with Gasteiger partial charge >= 0.3 is 0 Å². The number of allylic oxidation sites excluding steroid dienone is 3. The molecule has 1 aliphatic heterocycles. The van der Waals surface area contributed by atoms with E-state index in [4.69, 9.17) is 4.74 Å². The molecule has 1 heterocycles. The molecule has 7 unspecified atom stereocenters. The first-order valence-corrected chi connectivity index (χ1v) is 8.97. The fourth-order valence-electron chi connectivity index (χ4n) is 6.45. The van der Waals surface area contributed by atoms with Gasteiger partial charge in [0.2, 0.25) is 0 Å². The van der Waals surface area contributed by atoms with Crippen molar-refractivity contribution in [3.8, 4) is 0 Å². The van der Waals surface area contributed by atoms with E-state index in [1.807, 2.05) is 0 Å². The predicted octanol–water partition coefficient (Wildman–Crippen LogP) is 4.10. The maximum Gasteiger partial charge on any atom is 0.0880 e. The summed E-state index contributed by atoms with van der Waals surface area (Å²) in [4.78, 5) is 0. The van der Waals surface area contributed by atoms with E-state index in [-0.39, 0.29) is 23.0 Å². The van der Waals surface area contributed by atoms with Crippen LogP contribution < -0.4 is 0 Å². The van der Waals surface area contributed by atoms with Crippen LogP contribution in [0.5, 0.6) is 0 Å². The van der Waals surface area contributed by atoms with E-state index in [9.17, 15) is 5.11 Å². The number of fused-ring (bicyclic) bond motifs is 6. The molecule has 3 aliphatic carbocycles. The third kappa shape index (κ3) is 1.74. The summed E-state index contributed by atoms with van der Waals surface area (Å²) < 4.78 is 6.01. The first kappa shape index (κ1) is 15.0. The number of rotatable bonds is 1. The molecular weight excluding hydrogens is 272 g/mol. The molecule has 2 nitrogen and oxygen atoms in total. The smallest absolute Gasteiger partial charge is 0.0880 e. The fraction of sp³-hybridized carbons (Fsp3) is 0.800. The molecule has 0 spiro atoms. The van der Waals surface area contributed by atoms with Crippen LogP contribution in [0.3, 0.4) is 0 Å². The molecule has 0 amide bonds. The molecule has 2 heteroatoms. The molecule has 22 heavy (non-hydrogen) atoms. The predicted molar refractivity (Wildman–Crippen MR) is 88.4 cm³/mol. The van der Waals surface area contributed by atoms with Crippen LogP contribution in [0, 0.1) is 28.1 Å². The normalized spacial score (nSPS) is 56.8. The zero-order valence-electron chi connectivity index (χ0n) is 14.3. The standard InChI is InChI=1S/C20H30O2/c1-5-18(2)9-8-14-13(10-18)6-7-16-19(14,3)11-15-17(21)20(16,4)12-22-15/h5,10,14-17,21H,1,6-9,11-12H2,2-4H3. The Balaban J connectivity index is 1.74. The van der Waals surface area contributed by atoms with Crippen molar-refractivity contribution in [1.82, 2.24) is 0 Å². The molecule has 2 saturated carbocycles. The molecule has 3 fully saturated rings. The van der Waals surface area contributed by atoms with E-state index < -0.39 is 0 Å². The molecule has 2 bridgehead atoms. The van der Waals surface area contributed by atoms with Gasteiger partial charge in [0.05, 0.1) is 18.8 Å². The SMILES string of the molecule is C=CC1(C)C=C2CCC3C(C)(CC4OCC3(C)C4O)C2CC1. The summed E-state index contributed by atoms with van der Waals surface area (Å²) in [5.41, 5.74) is 2.10. The minimum atomic E-state index is -0.266. The maximum absolute atomic E-state index is 10.7. The highest BCUT2D eigenvalue weighted by Gasteiger charge is 2.64. The third-order valence-electron chi connectivity index (χ3n) is 7.79. The van der Waals surface area contributed by atoms with Crippen LogP contribution in [-0.2, 0) is 4.74 Å². The summed E-state index contributed by atoms with van der Waals surface area (Å²) in [6.45, 7) is 11.9. The lowest BCUT2D eigenvalue weighted by Gasteiger charge is -2.59. The molecule has 7 atom stereocenters. The van der Waals surface area contributed by atoms with Gasteiger partial charge in [0, 0.05) is 10.8 Å². The van der Waals surface area contributed by atoms with Crippen LogP contribution in [0.1, 0.15) is 52.9 Å². The van der Waals surface area contributed by atoms with Gasteiger partial charge in [0.15, 0.2) is 0 Å². The molecule has 0 aromatic heterocycles. The number of hydrogen-bond acceptors (Lipinski definition) is 2. The fourth-order valence-corrected chi connectivity index (χ4v) is 6.45. The summed E-state index contributed by atoms with van der Waals surface area (Å²) >= 11 is 0. The van der Waals surface area contributed by atoms with Crippen molar-refractivity contribution in [2.45, 2.75) is 65.1 Å². The van der Waals surface area contributed by atoms with Crippen molar-refractivity contribution in [2.24, 2.45) is 28.1 Å². The highest BCUT2D eigenvalue weighted by molar-refractivity contribution is 5.28. The molecule has 4 aliphatic rings. The van der Waals surface area contributed by atoms with Gasteiger partial charge in [0.1, 0.15) is 0 Å². The maximum atomic E-state index is 10.7. The van der Waals surface area contributed by atoms with Crippen LogP contribution in [0.2, 0.25) is 0 Å². The lowest BCUT2D eigenvalue weighted by atomic mass is 9.45. The molecule has 4 rings (SSSR count). The molecular formula is C20H30O2. The van der Waals surface area contributed by atoms with Gasteiger partial charge in [-0.15, -0.1) is 6.58 Å². The number of ether oxygens (including phenoxy) is 1. The van der Waals surface area contributed by atoms with Crippen molar-refractivity contribution in [1.29, 1.82) is 0 Å². The van der Waals surface area contributed by atoms with Crippen LogP contribution in [0.4, 0.5) is 0 Å². The molecule has 0 aromatic carbocycles. The summed E-state index contributed by atoms with van der Waals surface area (Å²) in [5.74, 6) is 1.26. The van der Waals surface area contributed by atoms with Crippen molar-refractivity contribution in [2.75, 3.05) is 6.61 Å². The van der Waals surface area contributed by atoms with E-state index in [0.717, 1.165) is 13.0 Å². The zero-order chi connectivity index (χ0) is 15.8. The van der Waals surface area contributed by atoms with Gasteiger partial charge in [-0.25, -0.2) is 0 Å². The molecule has 1 N–H and O–H groups in total. The van der Waals surface area contributed by atoms with E-state index in [0.29, 0.717) is 17.3 Å². The second kappa shape index (κ2) is 4.48. The monoisotopic (exact) mass is 302 g/mol. The molecule has 0 radical (unpaired) electrons. The first-order chi connectivity index (χ1) is 10.3. The highest BCUT2D eigenvalue weighted by Crippen LogP contribution is 2.66. The Morgan fingerprint density at radius 1 is 1.27 bits per heavy atom. The Morgan fingerprint density at radius 3 is 2.77 bits per heavy atom.